The third-order valence-electron chi connectivity index (χ3n) is 5.01. The molecule has 3 rings (SSSR count). The van der Waals surface area contributed by atoms with Crippen molar-refractivity contribution in [2.75, 3.05) is 6.61 Å². The molecule has 0 aromatic heterocycles. The van der Waals surface area contributed by atoms with Crippen molar-refractivity contribution < 1.29 is 9.90 Å². The van der Waals surface area contributed by atoms with Crippen molar-refractivity contribution in [1.29, 1.82) is 0 Å². The van der Waals surface area contributed by atoms with E-state index < -0.39 is 0 Å². The van der Waals surface area contributed by atoms with Crippen molar-refractivity contribution in [3.05, 3.63) is 35.9 Å². The monoisotopic (exact) mass is 273 g/mol. The van der Waals surface area contributed by atoms with Gasteiger partial charge in [0.05, 0.1) is 6.04 Å². The Morgan fingerprint density at radius 3 is 2.65 bits per heavy atom. The van der Waals surface area contributed by atoms with Gasteiger partial charge in [-0.1, -0.05) is 36.8 Å². The Balaban J connectivity index is 1.66. The number of carbonyl (C=O) groups excluding carboxylic acids is 1. The summed E-state index contributed by atoms with van der Waals surface area (Å²) in [7, 11) is 0. The van der Waals surface area contributed by atoms with Gasteiger partial charge in [0.1, 0.15) is 0 Å². The molecule has 1 aromatic rings. The molecule has 20 heavy (non-hydrogen) atoms. The molecule has 4 atom stereocenters. The first-order chi connectivity index (χ1) is 9.78. The van der Waals surface area contributed by atoms with Gasteiger partial charge in [0.2, 0.25) is 5.91 Å². The van der Waals surface area contributed by atoms with Gasteiger partial charge in [0, 0.05) is 12.5 Å². The van der Waals surface area contributed by atoms with Crippen LogP contribution >= 0.6 is 0 Å². The molecule has 2 aliphatic carbocycles. The molecule has 4 unspecified atom stereocenters. The van der Waals surface area contributed by atoms with Crippen molar-refractivity contribution in [2.45, 2.75) is 38.1 Å². The second-order valence-electron chi connectivity index (χ2n) is 6.27. The van der Waals surface area contributed by atoms with E-state index in [1.165, 1.54) is 19.3 Å². The molecule has 1 amide bonds. The lowest BCUT2D eigenvalue weighted by Gasteiger charge is -2.25. The Bertz CT molecular complexity index is 459. The smallest absolute Gasteiger partial charge is 0.223 e. The van der Waals surface area contributed by atoms with Crippen LogP contribution in [0.5, 0.6) is 0 Å². The van der Waals surface area contributed by atoms with Gasteiger partial charge in [-0.15, -0.1) is 0 Å². The van der Waals surface area contributed by atoms with E-state index >= 15 is 0 Å². The Hall–Kier alpha value is -1.35. The largest absolute Gasteiger partial charge is 0.396 e. The second kappa shape index (κ2) is 5.96. The number of hydrogen-bond acceptors (Lipinski definition) is 2. The van der Waals surface area contributed by atoms with E-state index in [0.29, 0.717) is 12.3 Å². The first-order valence-corrected chi connectivity index (χ1v) is 7.74. The summed E-state index contributed by atoms with van der Waals surface area (Å²) in [4.78, 5) is 12.5. The summed E-state index contributed by atoms with van der Waals surface area (Å²) >= 11 is 0. The van der Waals surface area contributed by atoms with Crippen molar-refractivity contribution in [3.8, 4) is 0 Å². The van der Waals surface area contributed by atoms with Crippen molar-refractivity contribution >= 4 is 5.91 Å². The first-order valence-electron chi connectivity index (χ1n) is 7.74. The lowest BCUT2D eigenvalue weighted by atomic mass is 9.87. The highest BCUT2D eigenvalue weighted by Crippen LogP contribution is 2.48. The molecule has 2 aliphatic rings. The fourth-order valence-corrected chi connectivity index (χ4v) is 3.98. The van der Waals surface area contributed by atoms with Crippen LogP contribution in [0.25, 0.3) is 0 Å². The summed E-state index contributed by atoms with van der Waals surface area (Å²) in [6.07, 6.45) is 5.42. The topological polar surface area (TPSA) is 49.3 Å². The molecule has 2 saturated carbocycles. The maximum absolute atomic E-state index is 12.5. The van der Waals surface area contributed by atoms with E-state index in [0.717, 1.165) is 17.9 Å². The van der Waals surface area contributed by atoms with Crippen molar-refractivity contribution in [2.24, 2.45) is 17.8 Å². The number of fused-ring (bicyclic) bond motifs is 2. The predicted molar refractivity (Wildman–Crippen MR) is 78.0 cm³/mol. The zero-order valence-electron chi connectivity index (χ0n) is 11.8. The lowest BCUT2D eigenvalue weighted by Crippen LogP contribution is -2.36. The number of aliphatic hydroxyl groups excluding tert-OH is 1. The molecular weight excluding hydrogens is 250 g/mol. The third kappa shape index (κ3) is 2.73. The Morgan fingerprint density at radius 2 is 2.05 bits per heavy atom. The van der Waals surface area contributed by atoms with E-state index in [2.05, 4.69) is 5.32 Å². The first kappa shape index (κ1) is 13.6. The van der Waals surface area contributed by atoms with Crippen molar-refractivity contribution in [3.63, 3.8) is 0 Å². The number of rotatable bonds is 5. The van der Waals surface area contributed by atoms with E-state index in [9.17, 15) is 9.90 Å². The molecule has 1 aromatic carbocycles. The zero-order chi connectivity index (χ0) is 13.9. The van der Waals surface area contributed by atoms with E-state index in [4.69, 9.17) is 0 Å². The minimum absolute atomic E-state index is 0.0622. The highest BCUT2D eigenvalue weighted by Gasteiger charge is 2.43. The zero-order valence-corrected chi connectivity index (χ0v) is 11.8. The van der Waals surface area contributed by atoms with Gasteiger partial charge >= 0.3 is 0 Å². The van der Waals surface area contributed by atoms with Crippen LogP contribution in [0.1, 0.15) is 43.7 Å². The molecule has 0 spiro atoms. The van der Waals surface area contributed by atoms with Crippen LogP contribution in [0, 0.1) is 17.8 Å². The minimum Gasteiger partial charge on any atom is -0.396 e. The SMILES string of the molecule is O=C(NC(CCO)c1ccccc1)C1CC2CCC1C2. The number of hydrogen-bond donors (Lipinski definition) is 2. The maximum atomic E-state index is 12.5. The number of aliphatic hydroxyl groups is 1. The highest BCUT2D eigenvalue weighted by molar-refractivity contribution is 5.80. The lowest BCUT2D eigenvalue weighted by molar-refractivity contribution is -0.127. The van der Waals surface area contributed by atoms with Crippen LogP contribution < -0.4 is 5.32 Å². The number of benzene rings is 1. The maximum Gasteiger partial charge on any atom is 0.223 e. The molecule has 2 bridgehead atoms. The van der Waals surface area contributed by atoms with Crippen LogP contribution in [0.4, 0.5) is 0 Å². The quantitative estimate of drug-likeness (QED) is 0.866. The number of nitrogens with one attached hydrogen (secondary N) is 1. The summed E-state index contributed by atoms with van der Waals surface area (Å²) in [5.41, 5.74) is 1.08. The van der Waals surface area contributed by atoms with Crippen LogP contribution in [0.2, 0.25) is 0 Å². The number of amides is 1. The summed E-state index contributed by atoms with van der Waals surface area (Å²) in [5.74, 6) is 1.78. The summed E-state index contributed by atoms with van der Waals surface area (Å²) < 4.78 is 0. The van der Waals surface area contributed by atoms with Crippen LogP contribution in [-0.2, 0) is 4.79 Å². The average molecular weight is 273 g/mol. The van der Waals surface area contributed by atoms with E-state index in [1.807, 2.05) is 30.3 Å². The normalized spacial score (nSPS) is 29.4. The van der Waals surface area contributed by atoms with Gasteiger partial charge in [-0.2, -0.15) is 0 Å². The van der Waals surface area contributed by atoms with Crippen LogP contribution in [-0.4, -0.2) is 17.6 Å². The van der Waals surface area contributed by atoms with E-state index in [-0.39, 0.29) is 24.5 Å². The minimum atomic E-state index is -0.0622. The summed E-state index contributed by atoms with van der Waals surface area (Å²) in [6, 6.07) is 9.89. The number of carbonyl (C=O) groups is 1. The molecule has 0 aliphatic heterocycles. The Morgan fingerprint density at radius 1 is 1.25 bits per heavy atom. The summed E-state index contributed by atoms with van der Waals surface area (Å²) in [6.45, 7) is 0.0938. The molecule has 2 fully saturated rings. The van der Waals surface area contributed by atoms with Crippen molar-refractivity contribution in [1.82, 2.24) is 5.32 Å². The molecule has 0 radical (unpaired) electrons. The Kier molecular flexibility index (Phi) is 4.06. The molecule has 2 N–H and O–H groups in total. The summed E-state index contributed by atoms with van der Waals surface area (Å²) in [5, 5.41) is 12.4. The third-order valence-corrected chi connectivity index (χ3v) is 5.01. The van der Waals surface area contributed by atoms with Gasteiger partial charge in [0.25, 0.3) is 0 Å². The predicted octanol–water partition coefficient (Wildman–Crippen LogP) is 2.66. The van der Waals surface area contributed by atoms with Gasteiger partial charge in [0.15, 0.2) is 0 Å². The Labute approximate surface area is 120 Å². The van der Waals surface area contributed by atoms with Gasteiger partial charge in [-0.3, -0.25) is 4.79 Å². The molecule has 0 heterocycles. The standard InChI is InChI=1S/C17H23NO2/c19-9-8-16(13-4-2-1-3-5-13)18-17(20)15-11-12-6-7-14(15)10-12/h1-5,12,14-16,19H,6-11H2,(H,18,20). The van der Waals surface area contributed by atoms with Crippen LogP contribution in [0.3, 0.4) is 0 Å². The average Bonchev–Trinajstić information content (AvgIpc) is 3.10. The second-order valence-corrected chi connectivity index (χ2v) is 6.27. The van der Waals surface area contributed by atoms with Gasteiger partial charge in [-0.05, 0) is 43.1 Å². The fraction of sp³-hybridized carbons (Fsp3) is 0.588. The van der Waals surface area contributed by atoms with Gasteiger partial charge < -0.3 is 10.4 Å². The highest BCUT2D eigenvalue weighted by atomic mass is 16.3. The fourth-order valence-electron chi connectivity index (χ4n) is 3.98. The molecule has 3 nitrogen and oxygen atoms in total. The van der Waals surface area contributed by atoms with E-state index in [1.54, 1.807) is 0 Å². The molecule has 3 heteroatoms. The molecule has 108 valence electrons. The van der Waals surface area contributed by atoms with Crippen LogP contribution in [0.15, 0.2) is 30.3 Å². The molecule has 0 saturated heterocycles. The van der Waals surface area contributed by atoms with Gasteiger partial charge in [-0.25, -0.2) is 0 Å². The molecular formula is C17H23NO2.